The third kappa shape index (κ3) is 8.31. The van der Waals surface area contributed by atoms with Gasteiger partial charge in [0.15, 0.2) is 5.96 Å². The monoisotopic (exact) mass is 492 g/mol. The minimum atomic E-state index is -0.305. The molecule has 2 aromatic rings. The number of aromatic nitrogens is 1. The minimum absolute atomic E-state index is 0. The fourth-order valence-electron chi connectivity index (χ4n) is 2.18. The van der Waals surface area contributed by atoms with Crippen LogP contribution in [0, 0.1) is 12.7 Å². The van der Waals surface area contributed by atoms with E-state index in [0.29, 0.717) is 12.3 Å². The van der Waals surface area contributed by atoms with E-state index >= 15 is 0 Å². The highest BCUT2D eigenvalue weighted by Crippen LogP contribution is 2.14. The number of hydrogen-bond donors (Lipinski definition) is 2. The molecule has 144 valence electrons. The Hall–Kier alpha value is -1.42. The van der Waals surface area contributed by atoms with Crippen LogP contribution in [0.1, 0.15) is 23.7 Å². The van der Waals surface area contributed by atoms with Crippen LogP contribution >= 0.6 is 35.3 Å². The molecule has 1 unspecified atom stereocenters. The van der Waals surface area contributed by atoms with Crippen molar-refractivity contribution >= 4 is 41.3 Å². The van der Waals surface area contributed by atoms with Crippen molar-refractivity contribution in [2.24, 2.45) is 4.99 Å². The third-order valence-electron chi connectivity index (χ3n) is 3.28. The van der Waals surface area contributed by atoms with E-state index in [-0.39, 0.29) is 35.9 Å². The average molecular weight is 492 g/mol. The van der Waals surface area contributed by atoms with Gasteiger partial charge in [0.2, 0.25) is 0 Å². The second-order valence-corrected chi connectivity index (χ2v) is 6.97. The first-order valence-corrected chi connectivity index (χ1v) is 9.24. The van der Waals surface area contributed by atoms with Crippen LogP contribution in [-0.2, 0) is 6.42 Å². The van der Waals surface area contributed by atoms with Crippen molar-refractivity contribution in [3.8, 4) is 5.75 Å². The summed E-state index contributed by atoms with van der Waals surface area (Å²) >= 11 is 1.71. The van der Waals surface area contributed by atoms with Crippen molar-refractivity contribution in [1.82, 2.24) is 15.6 Å². The Morgan fingerprint density at radius 1 is 1.38 bits per heavy atom. The molecule has 0 aliphatic heterocycles. The maximum absolute atomic E-state index is 13.2. The zero-order chi connectivity index (χ0) is 18.1. The van der Waals surface area contributed by atoms with Gasteiger partial charge in [-0.2, -0.15) is 0 Å². The second kappa shape index (κ2) is 12.1. The molecule has 2 N–H and O–H groups in total. The van der Waals surface area contributed by atoms with Gasteiger partial charge in [-0.15, -0.1) is 35.3 Å². The molecule has 26 heavy (non-hydrogen) atoms. The molecule has 0 aliphatic rings. The lowest BCUT2D eigenvalue weighted by Gasteiger charge is -2.15. The molecule has 0 saturated heterocycles. The van der Waals surface area contributed by atoms with E-state index < -0.39 is 0 Å². The largest absolute Gasteiger partial charge is 0.489 e. The quantitative estimate of drug-likeness (QED) is 0.335. The van der Waals surface area contributed by atoms with Crippen molar-refractivity contribution in [1.29, 1.82) is 0 Å². The van der Waals surface area contributed by atoms with Crippen LogP contribution in [0.5, 0.6) is 5.75 Å². The summed E-state index contributed by atoms with van der Waals surface area (Å²) in [4.78, 5) is 10.1. The smallest absolute Gasteiger partial charge is 0.191 e. The lowest BCUT2D eigenvalue weighted by Crippen LogP contribution is -2.39. The molecule has 1 heterocycles. The highest BCUT2D eigenvalue weighted by atomic mass is 127. The van der Waals surface area contributed by atoms with Crippen molar-refractivity contribution in [2.75, 3.05) is 19.6 Å². The molecule has 5 nitrogen and oxygen atoms in total. The number of hydrogen-bond acceptors (Lipinski definition) is 4. The molecule has 0 amide bonds. The molecule has 8 heteroatoms. The molecule has 0 spiro atoms. The van der Waals surface area contributed by atoms with Crippen molar-refractivity contribution in [3.63, 3.8) is 0 Å². The van der Waals surface area contributed by atoms with Crippen LogP contribution in [0.15, 0.2) is 35.5 Å². The normalized spacial score (nSPS) is 12.2. The van der Waals surface area contributed by atoms with Crippen LogP contribution < -0.4 is 15.4 Å². The molecule has 2 rings (SSSR count). The first-order valence-electron chi connectivity index (χ1n) is 8.42. The molecular formula is C18H26FIN4OS. The molecule has 0 aliphatic carbocycles. The summed E-state index contributed by atoms with van der Waals surface area (Å²) in [6, 6.07) is 6.14. The summed E-state index contributed by atoms with van der Waals surface area (Å²) < 4.78 is 18.9. The van der Waals surface area contributed by atoms with Gasteiger partial charge in [0.25, 0.3) is 0 Å². The van der Waals surface area contributed by atoms with Gasteiger partial charge in [-0.3, -0.25) is 0 Å². The van der Waals surface area contributed by atoms with Gasteiger partial charge >= 0.3 is 0 Å². The van der Waals surface area contributed by atoms with Crippen molar-refractivity contribution < 1.29 is 9.13 Å². The summed E-state index contributed by atoms with van der Waals surface area (Å²) in [7, 11) is 0. The van der Waals surface area contributed by atoms with Crippen LogP contribution in [0.25, 0.3) is 0 Å². The molecule has 1 atom stereocenters. The first-order chi connectivity index (χ1) is 12.1. The van der Waals surface area contributed by atoms with Crippen molar-refractivity contribution in [3.05, 3.63) is 46.2 Å². The zero-order valence-corrected chi connectivity index (χ0v) is 18.4. The first kappa shape index (κ1) is 22.6. The molecular weight excluding hydrogens is 466 g/mol. The van der Waals surface area contributed by atoms with E-state index in [1.165, 1.54) is 17.0 Å². The highest BCUT2D eigenvalue weighted by Gasteiger charge is 2.06. The Morgan fingerprint density at radius 2 is 2.19 bits per heavy atom. The van der Waals surface area contributed by atoms with E-state index in [9.17, 15) is 4.39 Å². The molecule has 1 aromatic heterocycles. The van der Waals surface area contributed by atoms with Crippen molar-refractivity contribution in [2.45, 2.75) is 33.3 Å². The number of aliphatic imine (C=N–C) groups is 1. The number of guanidine groups is 1. The summed E-state index contributed by atoms with van der Waals surface area (Å²) in [5, 5.41) is 7.62. The Labute approximate surface area is 175 Å². The fourth-order valence-corrected chi connectivity index (χ4v) is 2.96. The standard InChI is InChI=1S/C18H25FN4OS.HI/c1-4-20-18(21-9-8-17-22-12-14(3)25-17)23-11-13(2)24-16-7-5-6-15(19)10-16;/h5-7,10,12-13H,4,8-9,11H2,1-3H3,(H2,20,21,23);1H. The van der Waals surface area contributed by atoms with Crippen LogP contribution in [0.4, 0.5) is 4.39 Å². The van der Waals surface area contributed by atoms with Gasteiger partial charge in [0.1, 0.15) is 17.7 Å². The number of ether oxygens (including phenoxy) is 1. The number of rotatable bonds is 8. The lowest BCUT2D eigenvalue weighted by molar-refractivity contribution is 0.229. The summed E-state index contributed by atoms with van der Waals surface area (Å²) in [6.45, 7) is 8.01. The molecule has 0 radical (unpaired) electrons. The molecule has 0 bridgehead atoms. The topological polar surface area (TPSA) is 58.5 Å². The number of benzene rings is 1. The van der Waals surface area contributed by atoms with Gasteiger partial charge in [0, 0.05) is 36.7 Å². The van der Waals surface area contributed by atoms with E-state index in [2.05, 4.69) is 27.5 Å². The predicted molar refractivity (Wildman–Crippen MR) is 116 cm³/mol. The Kier molecular flexibility index (Phi) is 10.5. The van der Waals surface area contributed by atoms with E-state index in [1.54, 1.807) is 23.5 Å². The van der Waals surface area contributed by atoms with E-state index in [4.69, 9.17) is 4.74 Å². The molecule has 0 saturated carbocycles. The zero-order valence-electron chi connectivity index (χ0n) is 15.3. The SMILES string of the molecule is CCNC(=NCC(C)Oc1cccc(F)c1)NCCc1ncc(C)s1.I. The Bertz CT molecular complexity index is 695. The number of aryl methyl sites for hydroxylation is 1. The summed E-state index contributed by atoms with van der Waals surface area (Å²) in [5.74, 6) is 0.950. The maximum atomic E-state index is 13.2. The lowest BCUT2D eigenvalue weighted by atomic mass is 10.3. The number of nitrogens with one attached hydrogen (secondary N) is 2. The fraction of sp³-hybridized carbons (Fsp3) is 0.444. The van der Waals surface area contributed by atoms with E-state index in [1.807, 2.05) is 20.0 Å². The van der Waals surface area contributed by atoms with Gasteiger partial charge in [-0.05, 0) is 32.9 Å². The summed E-state index contributed by atoms with van der Waals surface area (Å²) in [6.07, 6.45) is 2.60. The summed E-state index contributed by atoms with van der Waals surface area (Å²) in [5.41, 5.74) is 0. The molecule has 1 aromatic carbocycles. The Balaban J connectivity index is 0.00000338. The predicted octanol–water partition coefficient (Wildman–Crippen LogP) is 3.77. The van der Waals surface area contributed by atoms with Gasteiger partial charge in [-0.1, -0.05) is 6.07 Å². The minimum Gasteiger partial charge on any atom is -0.489 e. The third-order valence-corrected chi connectivity index (χ3v) is 4.26. The van der Waals surface area contributed by atoms with Gasteiger partial charge in [0.05, 0.1) is 11.6 Å². The second-order valence-electron chi connectivity index (χ2n) is 5.65. The van der Waals surface area contributed by atoms with Crippen LogP contribution in [0.3, 0.4) is 0 Å². The van der Waals surface area contributed by atoms with Crippen LogP contribution in [0.2, 0.25) is 0 Å². The van der Waals surface area contributed by atoms with Crippen LogP contribution in [-0.4, -0.2) is 36.7 Å². The number of nitrogens with zero attached hydrogens (tertiary/aromatic N) is 2. The number of thiazole rings is 1. The van der Waals surface area contributed by atoms with E-state index in [0.717, 1.165) is 30.5 Å². The number of halogens is 2. The van der Waals surface area contributed by atoms with Gasteiger partial charge < -0.3 is 15.4 Å². The van der Waals surface area contributed by atoms with Gasteiger partial charge in [-0.25, -0.2) is 14.4 Å². The highest BCUT2D eigenvalue weighted by molar-refractivity contribution is 14.0. The Morgan fingerprint density at radius 3 is 2.85 bits per heavy atom. The molecule has 0 fully saturated rings. The maximum Gasteiger partial charge on any atom is 0.191 e. The average Bonchev–Trinajstić information content (AvgIpc) is 2.98.